The van der Waals surface area contributed by atoms with Gasteiger partial charge < -0.3 is 4.90 Å². The van der Waals surface area contributed by atoms with Crippen molar-refractivity contribution in [1.29, 1.82) is 0 Å². The first-order chi connectivity index (χ1) is 11.4. The predicted octanol–water partition coefficient (Wildman–Crippen LogP) is 2.77. The summed E-state index contributed by atoms with van der Waals surface area (Å²) in [5.41, 5.74) is 2.55. The van der Waals surface area contributed by atoms with Crippen LogP contribution in [0.5, 0.6) is 0 Å². The molecule has 24 heavy (non-hydrogen) atoms. The highest BCUT2D eigenvalue weighted by Gasteiger charge is 2.34. The summed E-state index contributed by atoms with van der Waals surface area (Å²) in [7, 11) is -3.02. The molecule has 1 unspecified atom stereocenters. The molecule has 5 nitrogen and oxygen atoms in total. The molecular weight excluding hydrogens is 344 g/mol. The van der Waals surface area contributed by atoms with Crippen molar-refractivity contribution in [3.05, 3.63) is 40.9 Å². The van der Waals surface area contributed by atoms with Crippen molar-refractivity contribution in [2.75, 3.05) is 18.1 Å². The van der Waals surface area contributed by atoms with Crippen LogP contribution in [-0.2, 0) is 9.84 Å². The van der Waals surface area contributed by atoms with E-state index in [1.165, 1.54) is 16.9 Å². The van der Waals surface area contributed by atoms with Crippen LogP contribution in [0.4, 0.5) is 0 Å². The predicted molar refractivity (Wildman–Crippen MR) is 96.1 cm³/mol. The fraction of sp³-hybridized carbons (Fsp3) is 0.412. The average Bonchev–Trinajstić information content (AvgIpc) is 3.16. The molecule has 128 valence electrons. The monoisotopic (exact) mass is 364 g/mol. The molecule has 0 radical (unpaired) electrons. The number of benzene rings is 1. The number of aromatic nitrogens is 1. The first-order valence-electron chi connectivity index (χ1n) is 7.93. The molecule has 7 heteroatoms. The molecule has 1 saturated heterocycles. The number of carbonyl (C=O) groups excluding carboxylic acids is 1. The van der Waals surface area contributed by atoms with Gasteiger partial charge in [-0.05, 0) is 20.3 Å². The van der Waals surface area contributed by atoms with Gasteiger partial charge in [0.1, 0.15) is 10.7 Å². The van der Waals surface area contributed by atoms with E-state index in [-0.39, 0.29) is 23.5 Å². The van der Waals surface area contributed by atoms with Gasteiger partial charge in [-0.2, -0.15) is 0 Å². The molecule has 1 aromatic carbocycles. The Kier molecular flexibility index (Phi) is 4.73. The molecule has 1 amide bonds. The lowest BCUT2D eigenvalue weighted by molar-refractivity contribution is 0.0703. The van der Waals surface area contributed by atoms with Gasteiger partial charge in [0.2, 0.25) is 0 Å². The van der Waals surface area contributed by atoms with Crippen LogP contribution in [-0.4, -0.2) is 48.3 Å². The van der Waals surface area contributed by atoms with Gasteiger partial charge in [0, 0.05) is 23.5 Å². The third-order valence-electron chi connectivity index (χ3n) is 4.27. The largest absolute Gasteiger partial charge is 0.334 e. The van der Waals surface area contributed by atoms with Crippen molar-refractivity contribution in [3.63, 3.8) is 0 Å². The van der Waals surface area contributed by atoms with E-state index in [0.717, 1.165) is 10.6 Å². The lowest BCUT2D eigenvalue weighted by atomic mass is 10.2. The first kappa shape index (κ1) is 17.1. The van der Waals surface area contributed by atoms with Crippen molar-refractivity contribution in [2.24, 2.45) is 0 Å². The Morgan fingerprint density at radius 2 is 2.04 bits per heavy atom. The molecule has 1 atom stereocenters. The highest BCUT2D eigenvalue weighted by Crippen LogP contribution is 2.26. The summed E-state index contributed by atoms with van der Waals surface area (Å²) in [4.78, 5) is 18.8. The van der Waals surface area contributed by atoms with Gasteiger partial charge in [-0.3, -0.25) is 4.79 Å². The molecule has 0 spiro atoms. The molecule has 2 aromatic rings. The van der Waals surface area contributed by atoms with Crippen molar-refractivity contribution >= 4 is 27.1 Å². The summed E-state index contributed by atoms with van der Waals surface area (Å²) < 4.78 is 23.4. The van der Waals surface area contributed by atoms with Crippen LogP contribution < -0.4 is 0 Å². The Bertz CT molecular complexity index is 841. The second-order valence-electron chi connectivity index (χ2n) is 6.05. The van der Waals surface area contributed by atoms with Gasteiger partial charge >= 0.3 is 0 Å². The van der Waals surface area contributed by atoms with Crippen molar-refractivity contribution in [1.82, 2.24) is 9.88 Å². The highest BCUT2D eigenvalue weighted by atomic mass is 32.2. The molecule has 0 N–H and O–H groups in total. The molecular formula is C17H20N2O3S2. The maximum absolute atomic E-state index is 12.7. The van der Waals surface area contributed by atoms with Gasteiger partial charge in [-0.15, -0.1) is 11.3 Å². The minimum absolute atomic E-state index is 0.0571. The normalized spacial score (nSPS) is 19.3. The van der Waals surface area contributed by atoms with Crippen LogP contribution in [0.25, 0.3) is 10.6 Å². The molecule has 0 bridgehead atoms. The second-order valence-corrected chi connectivity index (χ2v) is 9.14. The number of hydrogen-bond donors (Lipinski definition) is 0. The summed E-state index contributed by atoms with van der Waals surface area (Å²) >= 11 is 1.43. The Morgan fingerprint density at radius 1 is 1.33 bits per heavy atom. The standard InChI is InChI=1S/C17H20N2O3S2/c1-3-19(14-8-9-24(21,22)11-14)17(20)15-10-23-16(18-15)13-6-4-12(2)5-7-13/h4-7,10,14H,3,8-9,11H2,1-2H3. The van der Waals surface area contributed by atoms with Crippen LogP contribution in [0.15, 0.2) is 29.6 Å². The van der Waals surface area contributed by atoms with Gasteiger partial charge in [-0.25, -0.2) is 13.4 Å². The zero-order valence-electron chi connectivity index (χ0n) is 13.7. The Labute approximate surface area is 146 Å². The maximum Gasteiger partial charge on any atom is 0.273 e. The van der Waals surface area contributed by atoms with E-state index >= 15 is 0 Å². The van der Waals surface area contributed by atoms with Crippen molar-refractivity contribution < 1.29 is 13.2 Å². The van der Waals surface area contributed by atoms with E-state index in [1.807, 2.05) is 38.1 Å². The average molecular weight is 364 g/mol. The smallest absolute Gasteiger partial charge is 0.273 e. The van der Waals surface area contributed by atoms with Crippen LogP contribution in [0, 0.1) is 6.92 Å². The third-order valence-corrected chi connectivity index (χ3v) is 6.91. The van der Waals surface area contributed by atoms with Gasteiger partial charge in [0.15, 0.2) is 9.84 Å². The third kappa shape index (κ3) is 3.52. The summed E-state index contributed by atoms with van der Waals surface area (Å²) in [6.45, 7) is 4.38. The fourth-order valence-electron chi connectivity index (χ4n) is 2.94. The topological polar surface area (TPSA) is 67.3 Å². The Morgan fingerprint density at radius 3 is 2.62 bits per heavy atom. The van der Waals surface area contributed by atoms with E-state index in [2.05, 4.69) is 4.98 Å². The molecule has 2 heterocycles. The molecule has 1 aliphatic rings. The zero-order valence-corrected chi connectivity index (χ0v) is 15.4. The molecule has 1 fully saturated rings. The summed E-state index contributed by atoms with van der Waals surface area (Å²) in [6, 6.07) is 7.77. The Hall–Kier alpha value is -1.73. The van der Waals surface area contributed by atoms with Crippen molar-refractivity contribution in [3.8, 4) is 10.6 Å². The van der Waals surface area contributed by atoms with Crippen LogP contribution in [0.2, 0.25) is 0 Å². The fourth-order valence-corrected chi connectivity index (χ4v) is 5.47. The number of sulfone groups is 1. The van der Waals surface area contributed by atoms with Gasteiger partial charge in [-0.1, -0.05) is 29.8 Å². The molecule has 1 aromatic heterocycles. The minimum atomic E-state index is -3.02. The van der Waals surface area contributed by atoms with E-state index in [9.17, 15) is 13.2 Å². The SMILES string of the molecule is CCN(C(=O)c1csc(-c2ccc(C)cc2)n1)C1CCS(=O)(=O)C1. The summed E-state index contributed by atoms with van der Waals surface area (Å²) in [6.07, 6.45) is 0.511. The maximum atomic E-state index is 12.7. The highest BCUT2D eigenvalue weighted by molar-refractivity contribution is 7.91. The lowest BCUT2D eigenvalue weighted by Crippen LogP contribution is -2.41. The van der Waals surface area contributed by atoms with E-state index < -0.39 is 9.84 Å². The summed E-state index contributed by atoms with van der Waals surface area (Å²) in [5, 5.41) is 2.55. The number of carbonyl (C=O) groups is 1. The minimum Gasteiger partial charge on any atom is -0.334 e. The molecule has 1 aliphatic heterocycles. The van der Waals surface area contributed by atoms with Crippen LogP contribution in [0.1, 0.15) is 29.4 Å². The van der Waals surface area contributed by atoms with Gasteiger partial charge in [0.05, 0.1) is 11.5 Å². The molecule has 3 rings (SSSR count). The molecule has 0 saturated carbocycles. The summed E-state index contributed by atoms with van der Waals surface area (Å²) in [5.74, 6) is 0.0310. The number of thiazole rings is 1. The number of amides is 1. The van der Waals surface area contributed by atoms with Gasteiger partial charge in [0.25, 0.3) is 5.91 Å². The first-order valence-corrected chi connectivity index (χ1v) is 10.6. The van der Waals surface area contributed by atoms with E-state index in [0.29, 0.717) is 18.7 Å². The molecule has 0 aliphatic carbocycles. The number of nitrogens with zero attached hydrogens (tertiary/aromatic N) is 2. The van der Waals surface area contributed by atoms with Crippen LogP contribution in [0.3, 0.4) is 0 Å². The Balaban J connectivity index is 1.80. The van der Waals surface area contributed by atoms with Crippen molar-refractivity contribution in [2.45, 2.75) is 26.3 Å². The number of hydrogen-bond acceptors (Lipinski definition) is 5. The second kappa shape index (κ2) is 6.64. The zero-order chi connectivity index (χ0) is 17.3. The van der Waals surface area contributed by atoms with E-state index in [4.69, 9.17) is 0 Å². The van der Waals surface area contributed by atoms with E-state index in [1.54, 1.807) is 10.3 Å². The quantitative estimate of drug-likeness (QED) is 0.837. The number of rotatable bonds is 4. The number of aryl methyl sites for hydroxylation is 1. The van der Waals surface area contributed by atoms with Crippen LogP contribution >= 0.6 is 11.3 Å². The lowest BCUT2D eigenvalue weighted by Gasteiger charge is -2.25.